The second-order valence-electron chi connectivity index (χ2n) is 5.58. The van der Waals surface area contributed by atoms with Crippen LogP contribution < -0.4 is 11.1 Å². The van der Waals surface area contributed by atoms with Crippen LogP contribution in [-0.4, -0.2) is 47.0 Å². The standard InChI is InChI=1S/C13H23N3O4/c1-3-4-5-9(15-12(14)20)10(17)16-7-6-13(2,8-16)11(18)19/h9H,3-8H2,1-2H3,(H,18,19)(H3,14,15,20). The van der Waals surface area contributed by atoms with Gasteiger partial charge in [-0.3, -0.25) is 9.59 Å². The molecule has 0 aromatic heterocycles. The van der Waals surface area contributed by atoms with Gasteiger partial charge in [0.15, 0.2) is 0 Å². The van der Waals surface area contributed by atoms with E-state index in [0.29, 0.717) is 19.4 Å². The Bertz CT molecular complexity index is 399. The minimum Gasteiger partial charge on any atom is -0.481 e. The van der Waals surface area contributed by atoms with Crippen molar-refractivity contribution in [2.24, 2.45) is 11.1 Å². The normalized spacial score (nSPS) is 23.4. The van der Waals surface area contributed by atoms with Crippen LogP contribution in [-0.2, 0) is 9.59 Å². The number of aliphatic carboxylic acids is 1. The molecule has 0 aromatic carbocycles. The van der Waals surface area contributed by atoms with E-state index in [1.165, 1.54) is 4.90 Å². The number of amides is 3. The van der Waals surface area contributed by atoms with Crippen molar-refractivity contribution in [2.45, 2.75) is 45.6 Å². The highest BCUT2D eigenvalue weighted by atomic mass is 16.4. The molecule has 2 atom stereocenters. The van der Waals surface area contributed by atoms with Gasteiger partial charge in [-0.1, -0.05) is 19.8 Å². The molecule has 1 aliphatic rings. The summed E-state index contributed by atoms with van der Waals surface area (Å²) in [5.74, 6) is -1.15. The first-order valence-corrected chi connectivity index (χ1v) is 6.88. The minimum absolute atomic E-state index is 0.171. The summed E-state index contributed by atoms with van der Waals surface area (Å²) in [5.41, 5.74) is 4.18. The number of carbonyl (C=O) groups excluding carboxylic acids is 2. The van der Waals surface area contributed by atoms with Crippen LogP contribution in [0.4, 0.5) is 4.79 Å². The molecule has 0 spiro atoms. The highest BCUT2D eigenvalue weighted by molar-refractivity contribution is 5.87. The first-order valence-electron chi connectivity index (χ1n) is 6.88. The summed E-state index contributed by atoms with van der Waals surface area (Å²) in [4.78, 5) is 36.0. The summed E-state index contributed by atoms with van der Waals surface area (Å²) in [7, 11) is 0. The summed E-state index contributed by atoms with van der Waals surface area (Å²) in [6.07, 6.45) is 2.63. The Hall–Kier alpha value is -1.79. The van der Waals surface area contributed by atoms with Gasteiger partial charge in [-0.05, 0) is 19.8 Å². The van der Waals surface area contributed by atoms with Gasteiger partial charge in [-0.25, -0.2) is 4.79 Å². The summed E-state index contributed by atoms with van der Waals surface area (Å²) >= 11 is 0. The zero-order valence-electron chi connectivity index (χ0n) is 12.0. The third kappa shape index (κ3) is 3.85. The van der Waals surface area contributed by atoms with Crippen molar-refractivity contribution in [3.8, 4) is 0 Å². The maximum atomic E-state index is 12.4. The van der Waals surface area contributed by atoms with Crippen LogP contribution >= 0.6 is 0 Å². The number of urea groups is 1. The van der Waals surface area contributed by atoms with E-state index in [-0.39, 0.29) is 12.5 Å². The number of nitrogens with two attached hydrogens (primary N) is 1. The second kappa shape index (κ2) is 6.58. The quantitative estimate of drug-likeness (QED) is 0.661. The molecule has 114 valence electrons. The second-order valence-corrected chi connectivity index (χ2v) is 5.58. The lowest BCUT2D eigenvalue weighted by molar-refractivity contribution is -0.147. The molecule has 4 N–H and O–H groups in total. The van der Waals surface area contributed by atoms with Crippen molar-refractivity contribution in [1.29, 1.82) is 0 Å². The van der Waals surface area contributed by atoms with Crippen molar-refractivity contribution in [2.75, 3.05) is 13.1 Å². The summed E-state index contributed by atoms with van der Waals surface area (Å²) in [6.45, 7) is 4.18. The van der Waals surface area contributed by atoms with E-state index in [2.05, 4.69) is 5.32 Å². The number of carboxylic acids is 1. The molecule has 1 rings (SSSR count). The van der Waals surface area contributed by atoms with Gasteiger partial charge < -0.3 is 21.1 Å². The van der Waals surface area contributed by atoms with Gasteiger partial charge in [0, 0.05) is 13.1 Å². The van der Waals surface area contributed by atoms with Crippen LogP contribution in [0.2, 0.25) is 0 Å². The predicted octanol–water partition coefficient (Wildman–Crippen LogP) is 0.537. The molecular weight excluding hydrogens is 262 g/mol. The van der Waals surface area contributed by atoms with Crippen molar-refractivity contribution in [1.82, 2.24) is 10.2 Å². The van der Waals surface area contributed by atoms with E-state index < -0.39 is 23.5 Å². The number of hydrogen-bond acceptors (Lipinski definition) is 3. The fraction of sp³-hybridized carbons (Fsp3) is 0.769. The highest BCUT2D eigenvalue weighted by Gasteiger charge is 2.43. The van der Waals surface area contributed by atoms with E-state index in [9.17, 15) is 14.4 Å². The number of nitrogens with one attached hydrogen (secondary N) is 1. The van der Waals surface area contributed by atoms with E-state index in [1.54, 1.807) is 6.92 Å². The molecule has 7 nitrogen and oxygen atoms in total. The Labute approximate surface area is 118 Å². The Balaban J connectivity index is 2.70. The van der Waals surface area contributed by atoms with E-state index >= 15 is 0 Å². The Morgan fingerprint density at radius 3 is 2.55 bits per heavy atom. The molecule has 0 aliphatic carbocycles. The monoisotopic (exact) mass is 285 g/mol. The number of carboxylic acid groups (broad SMARTS) is 1. The average Bonchev–Trinajstić information content (AvgIpc) is 2.77. The van der Waals surface area contributed by atoms with E-state index in [4.69, 9.17) is 10.8 Å². The van der Waals surface area contributed by atoms with Gasteiger partial charge in [-0.15, -0.1) is 0 Å². The molecule has 20 heavy (non-hydrogen) atoms. The van der Waals surface area contributed by atoms with Crippen molar-refractivity contribution in [3.05, 3.63) is 0 Å². The molecule has 3 amide bonds. The fourth-order valence-corrected chi connectivity index (χ4v) is 2.38. The van der Waals surface area contributed by atoms with Gasteiger partial charge >= 0.3 is 12.0 Å². The van der Waals surface area contributed by atoms with Crippen molar-refractivity contribution < 1.29 is 19.5 Å². The maximum absolute atomic E-state index is 12.4. The van der Waals surface area contributed by atoms with Crippen molar-refractivity contribution >= 4 is 17.9 Å². The minimum atomic E-state index is -0.905. The SMILES string of the molecule is CCCCC(NC(N)=O)C(=O)N1CCC(C)(C(=O)O)C1. The average molecular weight is 285 g/mol. The molecular formula is C13H23N3O4. The van der Waals surface area contributed by atoms with Crippen molar-refractivity contribution in [3.63, 3.8) is 0 Å². The van der Waals surface area contributed by atoms with Gasteiger partial charge in [0.1, 0.15) is 6.04 Å². The van der Waals surface area contributed by atoms with Gasteiger partial charge in [0.05, 0.1) is 5.41 Å². The van der Waals surface area contributed by atoms with Gasteiger partial charge in [0.25, 0.3) is 0 Å². The van der Waals surface area contributed by atoms with Crippen LogP contribution in [0.1, 0.15) is 39.5 Å². The van der Waals surface area contributed by atoms with Gasteiger partial charge in [-0.2, -0.15) is 0 Å². The number of hydrogen-bond donors (Lipinski definition) is 3. The first-order chi connectivity index (χ1) is 9.30. The Kier molecular flexibility index (Phi) is 5.35. The third-order valence-electron chi connectivity index (χ3n) is 3.76. The van der Waals surface area contributed by atoms with E-state index in [1.807, 2.05) is 6.92 Å². The smallest absolute Gasteiger partial charge is 0.312 e. The Morgan fingerprint density at radius 2 is 2.10 bits per heavy atom. The van der Waals surface area contributed by atoms with Crippen LogP contribution in [0.15, 0.2) is 0 Å². The van der Waals surface area contributed by atoms with Crippen LogP contribution in [0, 0.1) is 5.41 Å². The van der Waals surface area contributed by atoms with Crippen LogP contribution in [0.5, 0.6) is 0 Å². The highest BCUT2D eigenvalue weighted by Crippen LogP contribution is 2.30. The number of rotatable bonds is 6. The molecule has 0 radical (unpaired) electrons. The molecule has 0 bridgehead atoms. The summed E-state index contributed by atoms with van der Waals surface area (Å²) < 4.78 is 0. The molecule has 1 aliphatic heterocycles. The van der Waals surface area contributed by atoms with Crippen LogP contribution in [0.3, 0.4) is 0 Å². The zero-order valence-corrected chi connectivity index (χ0v) is 12.0. The number of unbranched alkanes of at least 4 members (excludes halogenated alkanes) is 1. The summed E-state index contributed by atoms with van der Waals surface area (Å²) in [5, 5.41) is 11.6. The molecule has 1 heterocycles. The van der Waals surface area contributed by atoms with Crippen LogP contribution in [0.25, 0.3) is 0 Å². The lowest BCUT2D eigenvalue weighted by Gasteiger charge is -2.25. The third-order valence-corrected chi connectivity index (χ3v) is 3.76. The zero-order chi connectivity index (χ0) is 15.3. The topological polar surface area (TPSA) is 113 Å². The molecule has 1 saturated heterocycles. The Morgan fingerprint density at radius 1 is 1.45 bits per heavy atom. The predicted molar refractivity (Wildman–Crippen MR) is 73.0 cm³/mol. The molecule has 2 unspecified atom stereocenters. The lowest BCUT2D eigenvalue weighted by atomic mass is 9.90. The number of carbonyl (C=O) groups is 3. The van der Waals surface area contributed by atoms with E-state index in [0.717, 1.165) is 12.8 Å². The first kappa shape index (κ1) is 16.3. The fourth-order valence-electron chi connectivity index (χ4n) is 2.38. The number of nitrogens with zero attached hydrogens (tertiary/aromatic N) is 1. The molecule has 0 saturated carbocycles. The summed E-state index contributed by atoms with van der Waals surface area (Å²) in [6, 6.07) is -1.40. The number of likely N-dealkylation sites (tertiary alicyclic amines) is 1. The molecule has 1 fully saturated rings. The molecule has 0 aromatic rings. The largest absolute Gasteiger partial charge is 0.481 e. The number of primary amides is 1. The van der Waals surface area contributed by atoms with Gasteiger partial charge in [0.2, 0.25) is 5.91 Å². The maximum Gasteiger partial charge on any atom is 0.312 e. The molecule has 7 heteroatoms. The lowest BCUT2D eigenvalue weighted by Crippen LogP contribution is -2.50.